The van der Waals surface area contributed by atoms with Crippen molar-refractivity contribution in [3.63, 3.8) is 0 Å². The van der Waals surface area contributed by atoms with Crippen LogP contribution in [0.2, 0.25) is 0 Å². The highest BCUT2D eigenvalue weighted by Gasteiger charge is 2.26. The van der Waals surface area contributed by atoms with Crippen molar-refractivity contribution in [1.82, 2.24) is 0 Å². The molecule has 1 aromatic carbocycles. The van der Waals surface area contributed by atoms with Gasteiger partial charge >= 0.3 is 6.30 Å². The lowest BCUT2D eigenvalue weighted by Crippen LogP contribution is -2.20. The lowest BCUT2D eigenvalue weighted by atomic mass is 10.3. The molecule has 0 heterocycles. The van der Waals surface area contributed by atoms with Crippen LogP contribution < -0.4 is 5.32 Å². The maximum Gasteiger partial charge on any atom is 0.482 e. The molecule has 0 spiro atoms. The topological polar surface area (TPSA) is 12.0 Å². The average Bonchev–Trinajstić information content (AvgIpc) is 1.85. The third-order valence-electron chi connectivity index (χ3n) is 1.06. The number of hydrogen-bond acceptors (Lipinski definition) is 1. The van der Waals surface area contributed by atoms with Crippen molar-refractivity contribution >= 4 is 30.5 Å². The Labute approximate surface area is 86.1 Å². The van der Waals surface area contributed by atoms with E-state index in [1.54, 1.807) is 6.07 Å². The van der Waals surface area contributed by atoms with E-state index in [1.807, 2.05) is 0 Å². The minimum absolute atomic E-state index is 0. The van der Waals surface area contributed by atoms with Crippen LogP contribution in [0.25, 0.3) is 0 Å². The van der Waals surface area contributed by atoms with E-state index < -0.39 is 6.30 Å². The largest absolute Gasteiger partial charge is 0.482 e. The normalized spacial score (nSPS) is 9.46. The van der Waals surface area contributed by atoms with Gasteiger partial charge in [0.25, 0.3) is 0 Å². The van der Waals surface area contributed by atoms with Crippen LogP contribution in [0.1, 0.15) is 0 Å². The highest BCUT2D eigenvalue weighted by molar-refractivity contribution is 5.85. The van der Waals surface area contributed by atoms with E-state index in [9.17, 15) is 13.2 Å². The average molecular weight is 234 g/mol. The monoisotopic (exact) mass is 233 g/mol. The first-order valence-electron chi connectivity index (χ1n) is 2.98. The van der Waals surface area contributed by atoms with Gasteiger partial charge in [0, 0.05) is 5.69 Å². The minimum Gasteiger partial charge on any atom is -0.298 e. The summed E-state index contributed by atoms with van der Waals surface area (Å²) in [6.07, 6.45) is -4.35. The van der Waals surface area contributed by atoms with Crippen molar-refractivity contribution < 1.29 is 13.2 Å². The zero-order valence-electron chi connectivity index (χ0n) is 6.34. The van der Waals surface area contributed by atoms with Crippen LogP contribution in [0, 0.1) is 0 Å². The van der Waals surface area contributed by atoms with Crippen LogP contribution >= 0.6 is 24.8 Å². The molecular formula is C7H8Cl2F3N. The van der Waals surface area contributed by atoms with Crippen LogP contribution in [-0.4, -0.2) is 6.30 Å². The molecule has 0 aliphatic carbocycles. The van der Waals surface area contributed by atoms with E-state index >= 15 is 0 Å². The molecule has 0 atom stereocenters. The van der Waals surface area contributed by atoms with Gasteiger partial charge in [-0.3, -0.25) is 5.32 Å². The summed E-state index contributed by atoms with van der Waals surface area (Å²) in [5, 5.41) is 1.38. The number of para-hydroxylation sites is 1. The molecule has 76 valence electrons. The van der Waals surface area contributed by atoms with Gasteiger partial charge in [0.2, 0.25) is 0 Å². The van der Waals surface area contributed by atoms with Crippen LogP contribution in [0.4, 0.5) is 18.9 Å². The smallest absolute Gasteiger partial charge is 0.298 e. The molecule has 0 aromatic heterocycles. The molecule has 1 N–H and O–H groups in total. The number of hydrogen-bond donors (Lipinski definition) is 1. The Bertz CT molecular complexity index is 225. The van der Waals surface area contributed by atoms with Crippen molar-refractivity contribution in [2.75, 3.05) is 5.32 Å². The van der Waals surface area contributed by atoms with Crippen molar-refractivity contribution in [2.45, 2.75) is 6.30 Å². The zero-order valence-corrected chi connectivity index (χ0v) is 7.97. The molecule has 0 aliphatic heterocycles. The van der Waals surface area contributed by atoms with Crippen LogP contribution in [0.15, 0.2) is 30.3 Å². The number of alkyl halides is 3. The number of benzene rings is 1. The summed E-state index contributed by atoms with van der Waals surface area (Å²) in [6.45, 7) is 0. The second kappa shape index (κ2) is 5.94. The van der Waals surface area contributed by atoms with E-state index in [-0.39, 0.29) is 30.5 Å². The Morgan fingerprint density at radius 1 is 0.923 bits per heavy atom. The van der Waals surface area contributed by atoms with Crippen molar-refractivity contribution in [2.24, 2.45) is 0 Å². The second-order valence-corrected chi connectivity index (χ2v) is 1.99. The summed E-state index contributed by atoms with van der Waals surface area (Å²) in [7, 11) is 0. The number of rotatable bonds is 1. The van der Waals surface area contributed by atoms with Gasteiger partial charge in [0.15, 0.2) is 0 Å². The molecule has 1 nitrogen and oxygen atoms in total. The molecule has 0 fully saturated rings. The summed E-state index contributed by atoms with van der Waals surface area (Å²) in [6, 6.07) is 7.44. The zero-order chi connectivity index (χ0) is 8.32. The van der Waals surface area contributed by atoms with Gasteiger partial charge in [-0.1, -0.05) is 18.2 Å². The maximum absolute atomic E-state index is 11.6. The standard InChI is InChI=1S/C7H6F3N.2ClH/c8-7(9,10)11-6-4-2-1-3-5-6;;/h1-5,11H;2*1H. The predicted octanol–water partition coefficient (Wildman–Crippen LogP) is 3.46. The van der Waals surface area contributed by atoms with Crippen LogP contribution in [-0.2, 0) is 0 Å². The van der Waals surface area contributed by atoms with Gasteiger partial charge < -0.3 is 0 Å². The lowest BCUT2D eigenvalue weighted by molar-refractivity contribution is -0.0999. The number of anilines is 1. The van der Waals surface area contributed by atoms with E-state index in [4.69, 9.17) is 0 Å². The summed E-state index contributed by atoms with van der Waals surface area (Å²) >= 11 is 0. The van der Waals surface area contributed by atoms with Crippen molar-refractivity contribution in [1.29, 1.82) is 0 Å². The van der Waals surface area contributed by atoms with E-state index in [0.717, 1.165) is 0 Å². The van der Waals surface area contributed by atoms with Crippen LogP contribution in [0.5, 0.6) is 0 Å². The maximum atomic E-state index is 11.6. The summed E-state index contributed by atoms with van der Waals surface area (Å²) in [5.41, 5.74) is 0.0556. The van der Waals surface area contributed by atoms with Crippen molar-refractivity contribution in [3.05, 3.63) is 30.3 Å². The molecule has 1 rings (SSSR count). The third kappa shape index (κ3) is 6.54. The fraction of sp³-hybridized carbons (Fsp3) is 0.143. The fourth-order valence-electron chi connectivity index (χ4n) is 0.685. The molecule has 0 saturated carbocycles. The molecule has 6 heteroatoms. The second-order valence-electron chi connectivity index (χ2n) is 1.99. The Balaban J connectivity index is 0. The fourth-order valence-corrected chi connectivity index (χ4v) is 0.685. The molecule has 0 amide bonds. The number of nitrogens with one attached hydrogen (secondary N) is 1. The first-order valence-corrected chi connectivity index (χ1v) is 2.98. The Morgan fingerprint density at radius 2 is 1.38 bits per heavy atom. The van der Waals surface area contributed by atoms with Gasteiger partial charge in [0.1, 0.15) is 0 Å². The molecular weight excluding hydrogens is 226 g/mol. The quantitative estimate of drug-likeness (QED) is 0.733. The summed E-state index contributed by atoms with van der Waals surface area (Å²) < 4.78 is 34.9. The van der Waals surface area contributed by atoms with Gasteiger partial charge in [-0.2, -0.15) is 13.2 Å². The van der Waals surface area contributed by atoms with Gasteiger partial charge in [-0.15, -0.1) is 24.8 Å². The molecule has 13 heavy (non-hydrogen) atoms. The summed E-state index contributed by atoms with van der Waals surface area (Å²) in [4.78, 5) is 0. The Kier molecular flexibility index (Phi) is 6.80. The Morgan fingerprint density at radius 3 is 1.77 bits per heavy atom. The molecule has 0 aliphatic rings. The van der Waals surface area contributed by atoms with Gasteiger partial charge in [-0.25, -0.2) is 0 Å². The van der Waals surface area contributed by atoms with Gasteiger partial charge in [0.05, 0.1) is 0 Å². The Hall–Kier alpha value is -0.610. The van der Waals surface area contributed by atoms with Crippen molar-refractivity contribution in [3.8, 4) is 0 Å². The lowest BCUT2D eigenvalue weighted by Gasteiger charge is -2.08. The van der Waals surface area contributed by atoms with E-state index in [1.165, 1.54) is 29.6 Å². The van der Waals surface area contributed by atoms with E-state index in [0.29, 0.717) is 0 Å². The molecule has 0 radical (unpaired) electrons. The van der Waals surface area contributed by atoms with Gasteiger partial charge in [-0.05, 0) is 12.1 Å². The first kappa shape index (κ1) is 14.9. The molecule has 1 aromatic rings. The molecule has 0 saturated heterocycles. The van der Waals surface area contributed by atoms with Crippen LogP contribution in [0.3, 0.4) is 0 Å². The van der Waals surface area contributed by atoms with E-state index in [2.05, 4.69) is 0 Å². The first-order chi connectivity index (χ1) is 5.08. The minimum atomic E-state index is -4.35. The highest BCUT2D eigenvalue weighted by Crippen LogP contribution is 2.18. The predicted molar refractivity (Wildman–Crippen MR) is 50.6 cm³/mol. The summed E-state index contributed by atoms with van der Waals surface area (Å²) in [5.74, 6) is 0. The molecule has 0 unspecified atom stereocenters. The third-order valence-corrected chi connectivity index (χ3v) is 1.06. The highest BCUT2D eigenvalue weighted by atomic mass is 35.5. The molecule has 0 bridgehead atoms. The SMILES string of the molecule is Cl.Cl.FC(F)(F)Nc1ccccc1. The number of halogens is 5.